The first-order valence-electron chi connectivity index (χ1n) is 5.46. The van der Waals surface area contributed by atoms with Gasteiger partial charge < -0.3 is 10.1 Å². The predicted molar refractivity (Wildman–Crippen MR) is 72.0 cm³/mol. The van der Waals surface area contributed by atoms with Crippen molar-refractivity contribution in [3.63, 3.8) is 0 Å². The average molecular weight is 307 g/mol. The zero-order valence-electron chi connectivity index (χ0n) is 9.43. The van der Waals surface area contributed by atoms with Crippen molar-refractivity contribution in [3.8, 4) is 0 Å². The van der Waals surface area contributed by atoms with Crippen LogP contribution in [0.25, 0.3) is 0 Å². The van der Waals surface area contributed by atoms with Gasteiger partial charge in [-0.25, -0.2) is 0 Å². The molecule has 0 heterocycles. The van der Waals surface area contributed by atoms with Crippen molar-refractivity contribution in [2.24, 2.45) is 0 Å². The van der Waals surface area contributed by atoms with Crippen LogP contribution in [0.4, 0.5) is 0 Å². The van der Waals surface area contributed by atoms with Gasteiger partial charge in [-0.05, 0) is 30.7 Å². The van der Waals surface area contributed by atoms with Gasteiger partial charge in [0, 0.05) is 16.0 Å². The molecule has 1 rings (SSSR count). The Labute approximate surface area is 110 Å². The minimum atomic E-state index is 0.569. The Hall–Kier alpha value is -0.0900. The van der Waals surface area contributed by atoms with Crippen LogP contribution in [0.5, 0.6) is 0 Å². The smallest absolute Gasteiger partial charge is 0.0731 e. The number of hydrogen-bond donors (Lipinski definition) is 1. The number of halogens is 2. The molecule has 1 aromatic rings. The first-order chi connectivity index (χ1) is 7.74. The van der Waals surface area contributed by atoms with Gasteiger partial charge in [0.05, 0.1) is 13.2 Å². The Balaban J connectivity index is 2.21. The summed E-state index contributed by atoms with van der Waals surface area (Å²) in [5.41, 5.74) is 1.03. The Morgan fingerprint density at radius 2 is 2.19 bits per heavy atom. The molecule has 0 saturated carbocycles. The van der Waals surface area contributed by atoms with Gasteiger partial charge in [-0.2, -0.15) is 0 Å². The van der Waals surface area contributed by atoms with E-state index in [2.05, 4.69) is 28.2 Å². The van der Waals surface area contributed by atoms with E-state index >= 15 is 0 Å². The number of nitrogens with one attached hydrogen (secondary N) is 1. The third-order valence-corrected chi connectivity index (χ3v) is 2.97. The van der Waals surface area contributed by atoms with Crippen LogP contribution in [-0.4, -0.2) is 19.7 Å². The molecule has 0 spiro atoms. The highest BCUT2D eigenvalue weighted by molar-refractivity contribution is 9.10. The van der Waals surface area contributed by atoms with Gasteiger partial charge >= 0.3 is 0 Å². The molecule has 0 aromatic heterocycles. The fraction of sp³-hybridized carbons (Fsp3) is 0.500. The van der Waals surface area contributed by atoms with Gasteiger partial charge in [0.15, 0.2) is 0 Å². The molecule has 0 saturated heterocycles. The summed E-state index contributed by atoms with van der Waals surface area (Å²) in [6, 6.07) is 5.83. The first kappa shape index (κ1) is 14.0. The Morgan fingerprint density at radius 1 is 1.38 bits per heavy atom. The summed E-state index contributed by atoms with van der Waals surface area (Å²) in [6.07, 6.45) is 1.15. The summed E-state index contributed by atoms with van der Waals surface area (Å²) >= 11 is 9.44. The van der Waals surface area contributed by atoms with Gasteiger partial charge in [0.2, 0.25) is 0 Å². The van der Waals surface area contributed by atoms with Gasteiger partial charge in [-0.15, -0.1) is 0 Å². The molecule has 0 aliphatic carbocycles. The van der Waals surface area contributed by atoms with E-state index in [9.17, 15) is 0 Å². The van der Waals surface area contributed by atoms with Crippen LogP contribution < -0.4 is 5.32 Å². The van der Waals surface area contributed by atoms with Crippen LogP contribution >= 0.6 is 27.5 Å². The number of hydrogen-bond acceptors (Lipinski definition) is 2. The van der Waals surface area contributed by atoms with E-state index in [0.29, 0.717) is 13.2 Å². The molecule has 16 heavy (non-hydrogen) atoms. The molecule has 0 aliphatic rings. The summed E-state index contributed by atoms with van der Waals surface area (Å²) in [5.74, 6) is 0. The molecule has 4 heteroatoms. The second kappa shape index (κ2) is 8.07. The number of rotatable bonds is 7. The second-order valence-electron chi connectivity index (χ2n) is 3.54. The van der Waals surface area contributed by atoms with Crippen LogP contribution in [-0.2, 0) is 11.3 Å². The molecule has 0 fully saturated rings. The van der Waals surface area contributed by atoms with E-state index in [1.807, 2.05) is 18.2 Å². The average Bonchev–Trinajstić information content (AvgIpc) is 2.26. The SMILES string of the molecule is CCCNCCOCc1ccc(Br)cc1Cl. The molecule has 0 bridgehead atoms. The lowest BCUT2D eigenvalue weighted by atomic mass is 10.2. The lowest BCUT2D eigenvalue weighted by Gasteiger charge is -2.07. The van der Waals surface area contributed by atoms with Crippen LogP contribution in [0, 0.1) is 0 Å². The maximum absolute atomic E-state index is 6.07. The highest BCUT2D eigenvalue weighted by Gasteiger charge is 2.00. The zero-order chi connectivity index (χ0) is 11.8. The molecule has 1 N–H and O–H groups in total. The first-order valence-corrected chi connectivity index (χ1v) is 6.63. The molecule has 0 atom stereocenters. The van der Waals surface area contributed by atoms with Crippen molar-refractivity contribution in [3.05, 3.63) is 33.3 Å². The van der Waals surface area contributed by atoms with Crippen LogP contribution in [0.15, 0.2) is 22.7 Å². The number of benzene rings is 1. The van der Waals surface area contributed by atoms with Crippen LogP contribution in [0.1, 0.15) is 18.9 Å². The largest absolute Gasteiger partial charge is 0.375 e. The minimum Gasteiger partial charge on any atom is -0.375 e. The Bertz CT molecular complexity index is 320. The van der Waals surface area contributed by atoms with Gasteiger partial charge in [-0.1, -0.05) is 40.5 Å². The maximum Gasteiger partial charge on any atom is 0.0731 e. The van der Waals surface area contributed by atoms with E-state index in [1.54, 1.807) is 0 Å². The zero-order valence-corrected chi connectivity index (χ0v) is 11.8. The van der Waals surface area contributed by atoms with E-state index < -0.39 is 0 Å². The minimum absolute atomic E-state index is 0.569. The summed E-state index contributed by atoms with van der Waals surface area (Å²) < 4.78 is 6.52. The predicted octanol–water partition coefficient (Wildman–Crippen LogP) is 3.62. The molecule has 0 amide bonds. The fourth-order valence-corrected chi connectivity index (χ4v) is 1.99. The molecule has 90 valence electrons. The standard InChI is InChI=1S/C12H17BrClNO/c1-2-5-15-6-7-16-9-10-3-4-11(13)8-12(10)14/h3-4,8,15H,2,5-7,9H2,1H3. The molecule has 2 nitrogen and oxygen atoms in total. The summed E-state index contributed by atoms with van der Waals surface area (Å²) in [6.45, 7) is 5.37. The molecule has 0 radical (unpaired) electrons. The highest BCUT2D eigenvalue weighted by Crippen LogP contribution is 2.21. The third kappa shape index (κ3) is 5.30. The molecular weight excluding hydrogens is 289 g/mol. The van der Waals surface area contributed by atoms with Crippen molar-refractivity contribution in [1.29, 1.82) is 0 Å². The van der Waals surface area contributed by atoms with E-state index in [4.69, 9.17) is 16.3 Å². The van der Waals surface area contributed by atoms with Crippen molar-refractivity contribution in [1.82, 2.24) is 5.32 Å². The van der Waals surface area contributed by atoms with Gasteiger partial charge in [0.25, 0.3) is 0 Å². The van der Waals surface area contributed by atoms with Crippen LogP contribution in [0.3, 0.4) is 0 Å². The maximum atomic E-state index is 6.07. The van der Waals surface area contributed by atoms with Gasteiger partial charge in [0.1, 0.15) is 0 Å². The van der Waals surface area contributed by atoms with E-state index in [0.717, 1.165) is 34.6 Å². The Morgan fingerprint density at radius 3 is 2.88 bits per heavy atom. The van der Waals surface area contributed by atoms with E-state index in [-0.39, 0.29) is 0 Å². The summed E-state index contributed by atoms with van der Waals surface area (Å²) in [7, 11) is 0. The highest BCUT2D eigenvalue weighted by atomic mass is 79.9. The van der Waals surface area contributed by atoms with Crippen molar-refractivity contribution < 1.29 is 4.74 Å². The molecule has 1 aromatic carbocycles. The lowest BCUT2D eigenvalue weighted by molar-refractivity contribution is 0.123. The van der Waals surface area contributed by atoms with Gasteiger partial charge in [-0.3, -0.25) is 0 Å². The lowest BCUT2D eigenvalue weighted by Crippen LogP contribution is -2.20. The summed E-state index contributed by atoms with van der Waals surface area (Å²) in [5, 5.41) is 4.03. The number of ether oxygens (including phenoxy) is 1. The topological polar surface area (TPSA) is 21.3 Å². The van der Waals surface area contributed by atoms with E-state index in [1.165, 1.54) is 0 Å². The molecule has 0 unspecified atom stereocenters. The third-order valence-electron chi connectivity index (χ3n) is 2.12. The van der Waals surface area contributed by atoms with Crippen LogP contribution in [0.2, 0.25) is 5.02 Å². The quantitative estimate of drug-likeness (QED) is 0.777. The summed E-state index contributed by atoms with van der Waals surface area (Å²) in [4.78, 5) is 0. The van der Waals surface area contributed by atoms with Crippen molar-refractivity contribution in [2.75, 3.05) is 19.7 Å². The normalized spacial score (nSPS) is 10.7. The fourth-order valence-electron chi connectivity index (χ4n) is 1.27. The Kier molecular flexibility index (Phi) is 7.05. The van der Waals surface area contributed by atoms with Crippen molar-refractivity contribution >= 4 is 27.5 Å². The second-order valence-corrected chi connectivity index (χ2v) is 4.86. The molecular formula is C12H17BrClNO. The monoisotopic (exact) mass is 305 g/mol. The molecule has 0 aliphatic heterocycles. The van der Waals surface area contributed by atoms with Crippen molar-refractivity contribution in [2.45, 2.75) is 20.0 Å².